The number of rotatable bonds is 11. The van der Waals surface area contributed by atoms with Gasteiger partial charge in [0.25, 0.3) is 0 Å². The first-order valence-electron chi connectivity index (χ1n) is 8.72. The number of amidine groups is 1. The van der Waals surface area contributed by atoms with Crippen LogP contribution in [-0.4, -0.2) is 43.2 Å². The van der Waals surface area contributed by atoms with Crippen LogP contribution in [0.25, 0.3) is 0 Å². The third-order valence-electron chi connectivity index (χ3n) is 4.02. The lowest BCUT2D eigenvalue weighted by molar-refractivity contribution is -0.128. The van der Waals surface area contributed by atoms with Gasteiger partial charge in [-0.2, -0.15) is 0 Å². The largest absolute Gasteiger partial charge is 0.388 e. The first kappa shape index (κ1) is 20.8. The van der Waals surface area contributed by atoms with Crippen molar-refractivity contribution in [1.82, 2.24) is 10.6 Å². The Hall–Kier alpha value is -2.21. The second-order valence-electron chi connectivity index (χ2n) is 6.22. The molecule has 1 aromatic carbocycles. The lowest BCUT2D eigenvalue weighted by Crippen LogP contribution is -2.49. The van der Waals surface area contributed by atoms with Crippen LogP contribution in [0.4, 0.5) is 0 Å². The van der Waals surface area contributed by atoms with Crippen LogP contribution in [0, 0.1) is 0 Å². The van der Waals surface area contributed by atoms with Gasteiger partial charge in [-0.1, -0.05) is 30.3 Å². The van der Waals surface area contributed by atoms with Crippen LogP contribution in [0.3, 0.4) is 0 Å². The summed E-state index contributed by atoms with van der Waals surface area (Å²) >= 11 is 0. The van der Waals surface area contributed by atoms with E-state index >= 15 is 0 Å². The van der Waals surface area contributed by atoms with E-state index in [1.165, 1.54) is 6.92 Å². The minimum Gasteiger partial charge on any atom is -0.388 e. The van der Waals surface area contributed by atoms with Crippen molar-refractivity contribution in [2.75, 3.05) is 13.6 Å². The van der Waals surface area contributed by atoms with E-state index in [1.54, 1.807) is 14.0 Å². The number of Topliss-reactive ketones (excluding diaryl/α,β-unsaturated/α-hetero) is 1. The normalized spacial score (nSPS) is 14.0. The molecule has 0 bridgehead atoms. The number of nitrogens with one attached hydrogen (secondary N) is 2. The highest BCUT2D eigenvalue weighted by atomic mass is 16.2. The van der Waals surface area contributed by atoms with Crippen LogP contribution in [-0.2, 0) is 16.0 Å². The molecular weight excluding hydrogens is 316 g/mol. The van der Waals surface area contributed by atoms with Crippen molar-refractivity contribution in [1.29, 1.82) is 0 Å². The Labute approximate surface area is 150 Å². The third kappa shape index (κ3) is 8.44. The van der Waals surface area contributed by atoms with Crippen molar-refractivity contribution >= 4 is 17.5 Å². The van der Waals surface area contributed by atoms with Crippen LogP contribution in [0.1, 0.15) is 38.7 Å². The molecule has 6 heteroatoms. The third-order valence-corrected chi connectivity index (χ3v) is 4.02. The Bertz CT molecular complexity index is 568. The summed E-state index contributed by atoms with van der Waals surface area (Å²) in [4.78, 5) is 28.5. The number of nitrogens with two attached hydrogens (primary N) is 1. The number of carbonyl (C=O) groups excluding carboxylic acids is 2. The highest BCUT2D eigenvalue weighted by molar-refractivity contribution is 5.89. The Balaban J connectivity index is 2.52. The van der Waals surface area contributed by atoms with Crippen LogP contribution in [0.5, 0.6) is 0 Å². The summed E-state index contributed by atoms with van der Waals surface area (Å²) in [7, 11) is 1.76. The second-order valence-corrected chi connectivity index (χ2v) is 6.22. The molecule has 0 saturated carbocycles. The van der Waals surface area contributed by atoms with E-state index in [9.17, 15) is 9.59 Å². The number of carbonyl (C=O) groups is 2. The van der Waals surface area contributed by atoms with Crippen LogP contribution in [0.2, 0.25) is 0 Å². The Morgan fingerprint density at radius 2 is 1.80 bits per heavy atom. The van der Waals surface area contributed by atoms with Crippen molar-refractivity contribution in [2.45, 2.75) is 51.6 Å². The fourth-order valence-corrected chi connectivity index (χ4v) is 2.54. The van der Waals surface area contributed by atoms with Gasteiger partial charge in [0.15, 0.2) is 5.78 Å². The average molecular weight is 346 g/mol. The van der Waals surface area contributed by atoms with Gasteiger partial charge in [0.2, 0.25) is 5.91 Å². The minimum atomic E-state index is -0.504. The fourth-order valence-electron chi connectivity index (χ4n) is 2.54. The number of hydrogen-bond acceptors (Lipinski definition) is 4. The summed E-state index contributed by atoms with van der Waals surface area (Å²) in [5.41, 5.74) is 6.52. The van der Waals surface area contributed by atoms with Crippen LogP contribution in [0.15, 0.2) is 35.3 Å². The quantitative estimate of drug-likeness (QED) is 0.321. The predicted molar refractivity (Wildman–Crippen MR) is 102 cm³/mol. The molecule has 1 aromatic rings. The maximum Gasteiger partial charge on any atom is 0.237 e. The van der Waals surface area contributed by atoms with Gasteiger partial charge in [-0.3, -0.25) is 14.6 Å². The van der Waals surface area contributed by atoms with E-state index in [1.807, 2.05) is 30.3 Å². The number of likely N-dealkylation sites (N-methyl/N-ethyl adjacent to an activating group) is 1. The van der Waals surface area contributed by atoms with Gasteiger partial charge >= 0.3 is 0 Å². The molecule has 138 valence electrons. The molecule has 0 spiro atoms. The summed E-state index contributed by atoms with van der Waals surface area (Å²) in [6.07, 6.45) is 2.93. The van der Waals surface area contributed by atoms with Crippen LogP contribution < -0.4 is 16.4 Å². The zero-order valence-corrected chi connectivity index (χ0v) is 15.4. The van der Waals surface area contributed by atoms with E-state index in [0.29, 0.717) is 25.2 Å². The lowest BCUT2D eigenvalue weighted by Gasteiger charge is -2.21. The molecular formula is C19H30N4O2. The van der Waals surface area contributed by atoms with Gasteiger partial charge in [-0.25, -0.2) is 0 Å². The topological polar surface area (TPSA) is 96.6 Å². The zero-order valence-electron chi connectivity index (χ0n) is 15.4. The van der Waals surface area contributed by atoms with E-state index in [2.05, 4.69) is 15.6 Å². The fraction of sp³-hybridized carbons (Fsp3) is 0.526. The Morgan fingerprint density at radius 1 is 1.12 bits per heavy atom. The van der Waals surface area contributed by atoms with Crippen molar-refractivity contribution in [3.8, 4) is 0 Å². The summed E-state index contributed by atoms with van der Waals surface area (Å²) in [5.74, 6) is 0.394. The van der Waals surface area contributed by atoms with E-state index in [-0.39, 0.29) is 17.7 Å². The molecule has 0 radical (unpaired) electrons. The van der Waals surface area contributed by atoms with Crippen molar-refractivity contribution in [3.63, 3.8) is 0 Å². The van der Waals surface area contributed by atoms with E-state index in [0.717, 1.165) is 18.4 Å². The highest BCUT2D eigenvalue weighted by Gasteiger charge is 2.22. The van der Waals surface area contributed by atoms with Gasteiger partial charge < -0.3 is 16.4 Å². The molecule has 0 aromatic heterocycles. The molecule has 2 atom stereocenters. The number of benzene rings is 1. The molecule has 1 rings (SSSR count). The Morgan fingerprint density at radius 3 is 2.36 bits per heavy atom. The first-order valence-corrected chi connectivity index (χ1v) is 8.72. The number of unbranched alkanes of at least 4 members (excludes halogenated alkanes) is 1. The molecule has 6 nitrogen and oxygen atoms in total. The van der Waals surface area contributed by atoms with Crippen molar-refractivity contribution in [2.24, 2.45) is 10.7 Å². The van der Waals surface area contributed by atoms with Crippen molar-refractivity contribution < 1.29 is 9.59 Å². The minimum absolute atomic E-state index is 0.0418. The second kappa shape index (κ2) is 11.4. The highest BCUT2D eigenvalue weighted by Crippen LogP contribution is 2.06. The summed E-state index contributed by atoms with van der Waals surface area (Å²) in [5, 5.41) is 5.90. The van der Waals surface area contributed by atoms with E-state index < -0.39 is 6.04 Å². The molecule has 0 fully saturated rings. The molecule has 25 heavy (non-hydrogen) atoms. The molecule has 1 amide bonds. The lowest BCUT2D eigenvalue weighted by atomic mass is 10.0. The molecule has 0 heterocycles. The van der Waals surface area contributed by atoms with Gasteiger partial charge in [-0.05, 0) is 52.1 Å². The molecule has 2 unspecified atom stereocenters. The SMILES string of the molecule is CNC(CCCCN=C(C)N)C(=O)NC(Cc1ccccc1)C(C)=O. The standard InChI is InChI=1S/C19H30N4O2/c1-14(24)18(13-16-9-5-4-6-10-16)23-19(25)17(21-3)11-7-8-12-22-15(2)20/h4-6,9-10,17-18,21H,7-8,11-13H2,1-3H3,(H2,20,22)(H,23,25). The number of ketones is 1. The number of hydrogen-bond donors (Lipinski definition) is 3. The van der Waals surface area contributed by atoms with E-state index in [4.69, 9.17) is 5.73 Å². The summed E-state index contributed by atoms with van der Waals surface area (Å²) in [6.45, 7) is 3.94. The van der Waals surface area contributed by atoms with Gasteiger partial charge in [0, 0.05) is 6.54 Å². The average Bonchev–Trinajstić information content (AvgIpc) is 2.58. The van der Waals surface area contributed by atoms with Gasteiger partial charge in [-0.15, -0.1) is 0 Å². The monoisotopic (exact) mass is 346 g/mol. The summed E-state index contributed by atoms with van der Waals surface area (Å²) < 4.78 is 0. The van der Waals surface area contributed by atoms with Gasteiger partial charge in [0.1, 0.15) is 0 Å². The number of aliphatic imine (C=N–C) groups is 1. The van der Waals surface area contributed by atoms with Crippen LogP contribution >= 0.6 is 0 Å². The number of nitrogens with zero attached hydrogens (tertiary/aromatic N) is 1. The molecule has 0 aliphatic rings. The predicted octanol–water partition coefficient (Wildman–Crippen LogP) is 1.44. The number of amides is 1. The zero-order chi connectivity index (χ0) is 18.7. The molecule has 0 aliphatic carbocycles. The maximum absolute atomic E-state index is 12.5. The molecule has 4 N–H and O–H groups in total. The summed E-state index contributed by atoms with van der Waals surface area (Å²) in [6, 6.07) is 8.87. The molecule has 0 aliphatic heterocycles. The first-order chi connectivity index (χ1) is 11.9. The Kier molecular flexibility index (Phi) is 9.47. The van der Waals surface area contributed by atoms with Gasteiger partial charge in [0.05, 0.1) is 17.9 Å². The maximum atomic E-state index is 12.5. The smallest absolute Gasteiger partial charge is 0.237 e. The molecule has 0 saturated heterocycles. The van der Waals surface area contributed by atoms with Crippen molar-refractivity contribution in [3.05, 3.63) is 35.9 Å².